The lowest BCUT2D eigenvalue weighted by Crippen LogP contribution is -2.55. The lowest BCUT2D eigenvalue weighted by Gasteiger charge is -2.38. The van der Waals surface area contributed by atoms with E-state index in [0.717, 1.165) is 30.7 Å². The Morgan fingerprint density at radius 3 is 2.32 bits per heavy atom. The molecule has 0 saturated heterocycles. The third-order valence-corrected chi connectivity index (χ3v) is 6.14. The molecule has 0 radical (unpaired) electrons. The highest BCUT2D eigenvalue weighted by Gasteiger charge is 2.37. The minimum absolute atomic E-state index is 0.0652. The Bertz CT molecular complexity index is 461. The van der Waals surface area contributed by atoms with Crippen LogP contribution in [0.15, 0.2) is 17.1 Å². The Morgan fingerprint density at radius 1 is 1.04 bits per heavy atom. The molecule has 1 heterocycles. The average Bonchev–Trinajstić information content (AvgIpc) is 3.08. The van der Waals surface area contributed by atoms with E-state index in [9.17, 15) is 4.79 Å². The summed E-state index contributed by atoms with van der Waals surface area (Å²) in [5.41, 5.74) is 0. The van der Waals surface area contributed by atoms with E-state index in [1.54, 1.807) is 6.92 Å². The Kier molecular flexibility index (Phi) is 14.0. The van der Waals surface area contributed by atoms with Crippen molar-refractivity contribution in [2.24, 2.45) is 4.99 Å². The first-order valence-corrected chi connectivity index (χ1v) is 11.9. The standard InChI is InChI=1S/C24H45N3O/c1-4-6-7-8-9-10-11-12-13-14-15-16-17-18-24-26-20-22-27(24,5-2)21-19-25-23(3)28/h12-13,20,24H,4-11,14-19,21-22H2,1-3H3/p+1/b13-12+. The molecular weight excluding hydrogens is 346 g/mol. The van der Waals surface area contributed by atoms with Gasteiger partial charge in [-0.05, 0) is 39.0 Å². The van der Waals surface area contributed by atoms with Crippen LogP contribution in [0.5, 0.6) is 0 Å². The van der Waals surface area contributed by atoms with Crippen molar-refractivity contribution in [2.75, 3.05) is 26.2 Å². The highest BCUT2D eigenvalue weighted by atomic mass is 16.1. The number of amides is 1. The van der Waals surface area contributed by atoms with Crippen LogP contribution in [-0.2, 0) is 4.79 Å². The SMILES string of the molecule is CCCCCCCC/C=C/CCCCCC1N=CC[N+]1(CC)CCNC(C)=O. The van der Waals surface area contributed by atoms with Crippen LogP contribution in [0.25, 0.3) is 0 Å². The van der Waals surface area contributed by atoms with Crippen molar-refractivity contribution in [1.82, 2.24) is 5.32 Å². The minimum atomic E-state index is 0.0652. The number of likely N-dealkylation sites (N-methyl/N-ethyl adjacent to an activating group) is 1. The number of hydrogen-bond donors (Lipinski definition) is 1. The van der Waals surface area contributed by atoms with Gasteiger partial charge in [-0.3, -0.25) is 9.28 Å². The van der Waals surface area contributed by atoms with Crippen LogP contribution in [0, 0.1) is 0 Å². The molecule has 0 aromatic carbocycles. The van der Waals surface area contributed by atoms with Crippen molar-refractivity contribution in [3.63, 3.8) is 0 Å². The Morgan fingerprint density at radius 2 is 1.68 bits per heavy atom. The summed E-state index contributed by atoms with van der Waals surface area (Å²) < 4.78 is 1.01. The van der Waals surface area contributed by atoms with E-state index in [-0.39, 0.29) is 5.91 Å². The molecule has 162 valence electrons. The van der Waals surface area contributed by atoms with E-state index in [1.807, 2.05) is 0 Å². The van der Waals surface area contributed by atoms with Crippen LogP contribution in [0.1, 0.15) is 97.8 Å². The molecule has 0 saturated carbocycles. The zero-order valence-electron chi connectivity index (χ0n) is 18.9. The maximum atomic E-state index is 11.1. The Balaban J connectivity index is 2.08. The number of rotatable bonds is 17. The smallest absolute Gasteiger partial charge is 0.217 e. The van der Waals surface area contributed by atoms with Crippen LogP contribution in [0.3, 0.4) is 0 Å². The topological polar surface area (TPSA) is 41.5 Å². The van der Waals surface area contributed by atoms with Gasteiger partial charge in [0.15, 0.2) is 6.17 Å². The molecule has 0 aliphatic carbocycles. The summed E-state index contributed by atoms with van der Waals surface area (Å²) in [5.74, 6) is 0.0652. The number of carbonyl (C=O) groups excluding carboxylic acids is 1. The predicted octanol–water partition coefficient (Wildman–Crippen LogP) is 5.63. The summed E-state index contributed by atoms with van der Waals surface area (Å²) in [6.45, 7) is 9.97. The molecule has 0 aromatic rings. The zero-order chi connectivity index (χ0) is 20.5. The largest absolute Gasteiger partial charge is 0.351 e. The molecule has 28 heavy (non-hydrogen) atoms. The average molecular weight is 393 g/mol. The second-order valence-electron chi connectivity index (χ2n) is 8.40. The van der Waals surface area contributed by atoms with Crippen molar-refractivity contribution in [3.8, 4) is 0 Å². The van der Waals surface area contributed by atoms with Crippen LogP contribution >= 0.6 is 0 Å². The van der Waals surface area contributed by atoms with Crippen molar-refractivity contribution in [2.45, 2.75) is 104 Å². The fourth-order valence-corrected chi connectivity index (χ4v) is 4.18. The van der Waals surface area contributed by atoms with Gasteiger partial charge in [-0.25, -0.2) is 4.99 Å². The monoisotopic (exact) mass is 392 g/mol. The fourth-order valence-electron chi connectivity index (χ4n) is 4.18. The molecule has 0 fully saturated rings. The molecule has 4 nitrogen and oxygen atoms in total. The number of unbranched alkanes of at least 4 members (excludes halogenated alkanes) is 9. The Labute approximate surface area is 174 Å². The third-order valence-electron chi connectivity index (χ3n) is 6.14. The molecule has 2 atom stereocenters. The Hall–Kier alpha value is -1.16. The highest BCUT2D eigenvalue weighted by Crippen LogP contribution is 2.23. The van der Waals surface area contributed by atoms with E-state index in [1.165, 1.54) is 77.0 Å². The van der Waals surface area contributed by atoms with E-state index < -0.39 is 0 Å². The fraction of sp³-hybridized carbons (Fsp3) is 0.833. The first-order valence-electron chi connectivity index (χ1n) is 11.9. The minimum Gasteiger partial charge on any atom is -0.351 e. The number of nitrogens with one attached hydrogen (secondary N) is 1. The van der Waals surface area contributed by atoms with Gasteiger partial charge in [0.05, 0.1) is 25.8 Å². The highest BCUT2D eigenvalue weighted by molar-refractivity contribution is 5.72. The van der Waals surface area contributed by atoms with E-state index in [2.05, 4.69) is 37.5 Å². The maximum Gasteiger partial charge on any atom is 0.217 e. The lowest BCUT2D eigenvalue weighted by molar-refractivity contribution is -0.935. The molecule has 1 N–H and O–H groups in total. The summed E-state index contributed by atoms with van der Waals surface area (Å²) in [6, 6.07) is 0. The first kappa shape index (κ1) is 24.9. The van der Waals surface area contributed by atoms with Crippen molar-refractivity contribution < 1.29 is 9.28 Å². The van der Waals surface area contributed by atoms with Crippen molar-refractivity contribution >= 4 is 12.1 Å². The molecule has 4 heteroatoms. The molecule has 1 aliphatic heterocycles. The molecule has 0 bridgehead atoms. The van der Waals surface area contributed by atoms with Gasteiger partial charge in [0.25, 0.3) is 0 Å². The van der Waals surface area contributed by atoms with Crippen LogP contribution in [0.2, 0.25) is 0 Å². The maximum absolute atomic E-state index is 11.1. The molecule has 1 rings (SSSR count). The van der Waals surface area contributed by atoms with Gasteiger partial charge in [0, 0.05) is 13.3 Å². The van der Waals surface area contributed by atoms with Crippen LogP contribution in [-0.4, -0.2) is 48.9 Å². The van der Waals surface area contributed by atoms with E-state index in [4.69, 9.17) is 4.99 Å². The molecule has 0 aromatic heterocycles. The normalized spacial score (nSPS) is 21.6. The summed E-state index contributed by atoms with van der Waals surface area (Å²) in [4.78, 5) is 15.9. The lowest BCUT2D eigenvalue weighted by atomic mass is 10.1. The molecule has 2 unspecified atom stereocenters. The quantitative estimate of drug-likeness (QED) is 0.195. The van der Waals surface area contributed by atoms with Gasteiger partial charge in [-0.2, -0.15) is 0 Å². The number of nitrogens with zero attached hydrogens (tertiary/aromatic N) is 2. The van der Waals surface area contributed by atoms with Crippen LogP contribution in [0.4, 0.5) is 0 Å². The second kappa shape index (κ2) is 15.7. The van der Waals surface area contributed by atoms with Gasteiger partial charge in [-0.1, -0.05) is 57.6 Å². The number of aliphatic imine (C=N–C) groups is 1. The van der Waals surface area contributed by atoms with Gasteiger partial charge in [-0.15, -0.1) is 0 Å². The van der Waals surface area contributed by atoms with Crippen LogP contribution < -0.4 is 5.32 Å². The van der Waals surface area contributed by atoms with Crippen molar-refractivity contribution in [1.29, 1.82) is 0 Å². The first-order chi connectivity index (χ1) is 13.6. The summed E-state index contributed by atoms with van der Waals surface area (Å²) in [7, 11) is 0. The molecule has 1 amide bonds. The van der Waals surface area contributed by atoms with Gasteiger partial charge >= 0.3 is 0 Å². The number of hydrogen-bond acceptors (Lipinski definition) is 2. The predicted molar refractivity (Wildman–Crippen MR) is 122 cm³/mol. The number of allylic oxidation sites excluding steroid dienone is 2. The third kappa shape index (κ3) is 10.4. The van der Waals surface area contributed by atoms with Gasteiger partial charge < -0.3 is 5.32 Å². The van der Waals surface area contributed by atoms with Crippen molar-refractivity contribution in [3.05, 3.63) is 12.2 Å². The summed E-state index contributed by atoms with van der Waals surface area (Å²) >= 11 is 0. The molecular formula is C24H46N3O+. The number of carbonyl (C=O) groups is 1. The molecule has 0 spiro atoms. The summed E-state index contributed by atoms with van der Waals surface area (Å²) in [5, 5.41) is 2.95. The summed E-state index contributed by atoms with van der Waals surface area (Å²) in [6.07, 6.45) is 23.1. The second-order valence-corrected chi connectivity index (χ2v) is 8.40. The van der Waals surface area contributed by atoms with Gasteiger partial charge in [0.1, 0.15) is 6.54 Å². The van der Waals surface area contributed by atoms with Gasteiger partial charge in [0.2, 0.25) is 5.91 Å². The number of quaternary nitrogens is 1. The molecule has 1 aliphatic rings. The van der Waals surface area contributed by atoms with E-state index >= 15 is 0 Å². The zero-order valence-corrected chi connectivity index (χ0v) is 18.9. The van der Waals surface area contributed by atoms with E-state index in [0.29, 0.717) is 6.17 Å².